The Bertz CT molecular complexity index is 655. The lowest BCUT2D eigenvalue weighted by Gasteiger charge is -2.34. The van der Waals surface area contributed by atoms with Crippen LogP contribution >= 0.6 is 0 Å². The van der Waals surface area contributed by atoms with E-state index in [4.69, 9.17) is 5.21 Å². The third kappa shape index (κ3) is 5.17. The number of aromatic nitrogens is 2. The lowest BCUT2D eigenvalue weighted by Crippen LogP contribution is -2.47. The molecule has 0 unspecified atom stereocenters. The first kappa shape index (κ1) is 20.5. The number of anilines is 1. The Morgan fingerprint density at radius 3 is 2.32 bits per heavy atom. The second kappa shape index (κ2) is 9.79. The molecule has 1 aromatic rings. The van der Waals surface area contributed by atoms with Crippen molar-refractivity contribution in [1.82, 2.24) is 20.8 Å². The number of carbonyl (C=O) groups excluding carboxylic acids is 1. The molecule has 1 aromatic heterocycles. The molecule has 1 aliphatic heterocycles. The van der Waals surface area contributed by atoms with Crippen LogP contribution in [0.1, 0.15) is 55.3 Å². The molecule has 0 aromatic carbocycles. The Morgan fingerprint density at radius 1 is 1.11 bits per heavy atom. The fraction of sp³-hybridized carbons (Fsp3) is 0.684. The molecule has 1 atom stereocenters. The van der Waals surface area contributed by atoms with Crippen molar-refractivity contribution in [3.8, 4) is 0 Å². The van der Waals surface area contributed by atoms with Gasteiger partial charge in [-0.3, -0.25) is 14.8 Å². The predicted octanol–water partition coefficient (Wildman–Crippen LogP) is 1.44. The Labute approximate surface area is 164 Å². The van der Waals surface area contributed by atoms with Crippen LogP contribution in [0.5, 0.6) is 0 Å². The van der Waals surface area contributed by atoms with Crippen LogP contribution in [0.3, 0.4) is 0 Å². The molecular formula is C19H29N5O4. The highest BCUT2D eigenvalue weighted by atomic mass is 16.5. The third-order valence-corrected chi connectivity index (χ3v) is 5.91. The highest BCUT2D eigenvalue weighted by Crippen LogP contribution is 2.27. The van der Waals surface area contributed by atoms with Gasteiger partial charge >= 0.3 is 5.97 Å². The molecule has 2 fully saturated rings. The fourth-order valence-corrected chi connectivity index (χ4v) is 4.22. The van der Waals surface area contributed by atoms with Gasteiger partial charge in [0.1, 0.15) is 6.04 Å². The number of amides is 1. The van der Waals surface area contributed by atoms with E-state index in [1.165, 1.54) is 18.8 Å². The van der Waals surface area contributed by atoms with Crippen LogP contribution < -0.4 is 15.7 Å². The maximum Gasteiger partial charge on any atom is 0.320 e. The van der Waals surface area contributed by atoms with Crippen molar-refractivity contribution in [2.45, 2.75) is 51.0 Å². The minimum Gasteiger partial charge on any atom is -0.480 e. The summed E-state index contributed by atoms with van der Waals surface area (Å²) in [6, 6.07) is -0.438. The second-order valence-corrected chi connectivity index (χ2v) is 7.77. The summed E-state index contributed by atoms with van der Waals surface area (Å²) in [7, 11) is 0. The quantitative estimate of drug-likeness (QED) is 0.406. The summed E-state index contributed by atoms with van der Waals surface area (Å²) in [6.07, 6.45) is 10.1. The molecule has 1 amide bonds. The van der Waals surface area contributed by atoms with Crippen LogP contribution in [-0.4, -0.2) is 57.8 Å². The first-order chi connectivity index (χ1) is 13.6. The first-order valence-electron chi connectivity index (χ1n) is 10.1. The zero-order valence-electron chi connectivity index (χ0n) is 16.0. The van der Waals surface area contributed by atoms with Gasteiger partial charge in [-0.15, -0.1) is 0 Å². The van der Waals surface area contributed by atoms with Crippen molar-refractivity contribution in [1.29, 1.82) is 0 Å². The van der Waals surface area contributed by atoms with Gasteiger partial charge in [0, 0.05) is 25.5 Å². The second-order valence-electron chi connectivity index (χ2n) is 7.77. The average molecular weight is 391 g/mol. The summed E-state index contributed by atoms with van der Waals surface area (Å²) in [4.78, 5) is 33.5. The number of piperidine rings is 1. The highest BCUT2D eigenvalue weighted by Gasteiger charge is 2.30. The summed E-state index contributed by atoms with van der Waals surface area (Å²) in [5.74, 6) is -0.131. The lowest BCUT2D eigenvalue weighted by atomic mass is 9.83. The van der Waals surface area contributed by atoms with Gasteiger partial charge in [-0.1, -0.05) is 19.3 Å². The summed E-state index contributed by atoms with van der Waals surface area (Å²) in [5, 5.41) is 21.5. The number of carboxylic acids is 1. The Morgan fingerprint density at radius 2 is 1.75 bits per heavy atom. The predicted molar refractivity (Wildman–Crippen MR) is 102 cm³/mol. The van der Waals surface area contributed by atoms with Crippen molar-refractivity contribution in [2.24, 2.45) is 11.8 Å². The summed E-state index contributed by atoms with van der Waals surface area (Å²) in [6.45, 7) is 2.30. The molecule has 1 saturated heterocycles. The minimum atomic E-state index is -0.732. The number of nitrogens with one attached hydrogen (secondary N) is 2. The Kier molecular flexibility index (Phi) is 7.16. The maximum absolute atomic E-state index is 11.7. The Hall–Kier alpha value is -2.26. The maximum atomic E-state index is 11.7. The molecule has 0 bridgehead atoms. The third-order valence-electron chi connectivity index (χ3n) is 5.91. The molecule has 0 radical (unpaired) electrons. The zero-order valence-corrected chi connectivity index (χ0v) is 16.0. The van der Waals surface area contributed by atoms with E-state index in [1.807, 2.05) is 0 Å². The number of hydrogen-bond acceptors (Lipinski definition) is 7. The van der Waals surface area contributed by atoms with Gasteiger partial charge in [0.05, 0.1) is 5.56 Å². The number of aliphatic carboxylic acids is 1. The van der Waals surface area contributed by atoms with Gasteiger partial charge in [-0.05, 0) is 44.1 Å². The van der Waals surface area contributed by atoms with Crippen LogP contribution in [0.4, 0.5) is 5.95 Å². The number of carboxylic acid groups (broad SMARTS) is 1. The highest BCUT2D eigenvalue weighted by molar-refractivity contribution is 5.92. The molecule has 0 spiro atoms. The molecule has 28 heavy (non-hydrogen) atoms. The number of hydroxylamine groups is 1. The largest absolute Gasteiger partial charge is 0.480 e. The summed E-state index contributed by atoms with van der Waals surface area (Å²) < 4.78 is 0. The molecule has 1 saturated carbocycles. The number of carbonyl (C=O) groups is 2. The average Bonchev–Trinajstić information content (AvgIpc) is 2.74. The number of hydrogen-bond donors (Lipinski definition) is 4. The van der Waals surface area contributed by atoms with Crippen molar-refractivity contribution < 1.29 is 19.9 Å². The van der Waals surface area contributed by atoms with E-state index < -0.39 is 17.9 Å². The van der Waals surface area contributed by atoms with Gasteiger partial charge in [0.25, 0.3) is 5.91 Å². The van der Waals surface area contributed by atoms with Crippen molar-refractivity contribution >= 4 is 17.8 Å². The van der Waals surface area contributed by atoms with E-state index >= 15 is 0 Å². The topological polar surface area (TPSA) is 128 Å². The first-order valence-corrected chi connectivity index (χ1v) is 10.1. The summed E-state index contributed by atoms with van der Waals surface area (Å²) in [5.41, 5.74) is 1.76. The van der Waals surface area contributed by atoms with E-state index in [9.17, 15) is 14.7 Å². The van der Waals surface area contributed by atoms with E-state index in [0.717, 1.165) is 58.2 Å². The molecule has 9 heteroatoms. The van der Waals surface area contributed by atoms with Crippen LogP contribution in [0.15, 0.2) is 12.4 Å². The van der Waals surface area contributed by atoms with Gasteiger partial charge < -0.3 is 15.3 Å². The number of nitrogens with zero attached hydrogens (tertiary/aromatic N) is 3. The van der Waals surface area contributed by atoms with E-state index in [-0.39, 0.29) is 11.5 Å². The van der Waals surface area contributed by atoms with E-state index in [1.54, 1.807) is 5.48 Å². The Balaban J connectivity index is 1.47. The molecular weight excluding hydrogens is 362 g/mol. The van der Waals surface area contributed by atoms with Crippen LogP contribution in [0.2, 0.25) is 0 Å². The minimum absolute atomic E-state index is 0.202. The SMILES string of the molecule is O=C(NO)c1cnc(N2CCC(CN[C@H](C(=O)O)C3CCCCC3)CC2)nc1. The zero-order chi connectivity index (χ0) is 19.9. The summed E-state index contributed by atoms with van der Waals surface area (Å²) >= 11 is 0. The van der Waals surface area contributed by atoms with Crippen molar-refractivity contribution in [3.63, 3.8) is 0 Å². The smallest absolute Gasteiger partial charge is 0.320 e. The lowest BCUT2D eigenvalue weighted by molar-refractivity contribution is -0.141. The van der Waals surface area contributed by atoms with Gasteiger partial charge in [0.2, 0.25) is 5.95 Å². The van der Waals surface area contributed by atoms with E-state index in [0.29, 0.717) is 11.9 Å². The van der Waals surface area contributed by atoms with Crippen LogP contribution in [0, 0.1) is 11.8 Å². The van der Waals surface area contributed by atoms with Crippen molar-refractivity contribution in [3.05, 3.63) is 18.0 Å². The molecule has 2 heterocycles. The number of rotatable bonds is 7. The standard InChI is InChI=1S/C19H29N5O4/c25-17(23-28)15-11-21-19(22-12-15)24-8-6-13(7-9-24)10-20-16(18(26)27)14-4-2-1-3-5-14/h11-14,16,20,28H,1-10H2,(H,23,25)(H,26,27)/t16-/m0/s1. The molecule has 9 nitrogen and oxygen atoms in total. The van der Waals surface area contributed by atoms with Gasteiger partial charge in [-0.2, -0.15) is 0 Å². The molecule has 2 aliphatic rings. The van der Waals surface area contributed by atoms with Gasteiger partial charge in [-0.25, -0.2) is 15.4 Å². The van der Waals surface area contributed by atoms with Crippen molar-refractivity contribution in [2.75, 3.05) is 24.5 Å². The van der Waals surface area contributed by atoms with Gasteiger partial charge in [0.15, 0.2) is 0 Å². The van der Waals surface area contributed by atoms with Crippen LogP contribution in [-0.2, 0) is 4.79 Å². The molecule has 3 rings (SSSR count). The fourth-order valence-electron chi connectivity index (χ4n) is 4.22. The molecule has 4 N–H and O–H groups in total. The molecule has 1 aliphatic carbocycles. The molecule has 154 valence electrons. The van der Waals surface area contributed by atoms with E-state index in [2.05, 4.69) is 20.2 Å². The normalized spacial score (nSPS) is 20.0. The monoisotopic (exact) mass is 391 g/mol. The van der Waals surface area contributed by atoms with Crippen LogP contribution in [0.25, 0.3) is 0 Å².